The Bertz CT molecular complexity index is 693. The molecule has 2 heterocycles. The zero-order valence-electron chi connectivity index (χ0n) is 13.1. The fraction of sp³-hybridized carbons (Fsp3) is 0.444. The van der Waals surface area contributed by atoms with E-state index in [9.17, 15) is 0 Å². The van der Waals surface area contributed by atoms with Crippen LogP contribution in [-0.4, -0.2) is 29.1 Å². The summed E-state index contributed by atoms with van der Waals surface area (Å²) in [5, 5.41) is 7.68. The lowest BCUT2D eigenvalue weighted by Crippen LogP contribution is -2.41. The maximum absolute atomic E-state index is 6.55. The topological polar surface area (TPSA) is 49.8 Å². The van der Waals surface area contributed by atoms with E-state index < -0.39 is 0 Å². The molecule has 0 unspecified atom stereocenters. The highest BCUT2D eigenvalue weighted by atomic mass is 35.5. The molecule has 0 atom stereocenters. The van der Waals surface area contributed by atoms with E-state index in [1.807, 2.05) is 24.4 Å². The zero-order valence-corrected chi connectivity index (χ0v) is 13.8. The van der Waals surface area contributed by atoms with Crippen molar-refractivity contribution in [3.63, 3.8) is 0 Å². The highest BCUT2D eigenvalue weighted by Gasteiger charge is 2.38. The fourth-order valence-corrected chi connectivity index (χ4v) is 3.79. The summed E-state index contributed by atoms with van der Waals surface area (Å²) in [5.41, 5.74) is 2.12. The highest BCUT2D eigenvalue weighted by molar-refractivity contribution is 6.31. The van der Waals surface area contributed by atoms with E-state index in [1.165, 1.54) is 18.4 Å². The molecule has 1 aromatic carbocycles. The van der Waals surface area contributed by atoms with Crippen LogP contribution in [0.25, 0.3) is 0 Å². The van der Waals surface area contributed by atoms with E-state index in [1.54, 1.807) is 0 Å². The van der Waals surface area contributed by atoms with Crippen LogP contribution in [0, 0.1) is 0 Å². The SMILES string of the molecule is Clc1ccccc1C1(c2ccnc(NC3CC3)n2)CCNCC1. The molecular formula is C18H21ClN4. The van der Waals surface area contributed by atoms with Gasteiger partial charge in [-0.25, -0.2) is 9.97 Å². The van der Waals surface area contributed by atoms with Gasteiger partial charge in [0, 0.05) is 22.7 Å². The second-order valence-electron chi connectivity index (χ2n) is 6.50. The molecule has 1 aliphatic carbocycles. The minimum Gasteiger partial charge on any atom is -0.351 e. The molecule has 1 saturated heterocycles. The Kier molecular flexibility index (Phi) is 3.95. The summed E-state index contributed by atoms with van der Waals surface area (Å²) in [4.78, 5) is 9.25. The number of nitrogens with zero attached hydrogens (tertiary/aromatic N) is 2. The summed E-state index contributed by atoms with van der Waals surface area (Å²) in [7, 11) is 0. The van der Waals surface area contributed by atoms with Gasteiger partial charge in [-0.3, -0.25) is 0 Å². The Labute approximate surface area is 141 Å². The number of nitrogens with one attached hydrogen (secondary N) is 2. The number of piperidine rings is 1. The van der Waals surface area contributed by atoms with E-state index in [-0.39, 0.29) is 5.41 Å². The normalized spacial score (nSPS) is 20.2. The third-order valence-electron chi connectivity index (χ3n) is 4.90. The Morgan fingerprint density at radius 3 is 2.65 bits per heavy atom. The molecule has 0 bridgehead atoms. The van der Waals surface area contributed by atoms with Crippen molar-refractivity contribution in [1.29, 1.82) is 0 Å². The van der Waals surface area contributed by atoms with Crippen LogP contribution in [0.2, 0.25) is 5.02 Å². The number of rotatable bonds is 4. The molecule has 0 spiro atoms. The standard InChI is InChI=1S/C18H21ClN4/c19-15-4-2-1-3-14(15)18(8-11-20-12-9-18)16-7-10-21-17(23-16)22-13-5-6-13/h1-4,7,10,13,20H,5-6,8-9,11-12H2,(H,21,22,23). The lowest BCUT2D eigenvalue weighted by Gasteiger charge is -2.38. The number of benzene rings is 1. The smallest absolute Gasteiger partial charge is 0.223 e. The molecule has 4 nitrogen and oxygen atoms in total. The first-order valence-corrected chi connectivity index (χ1v) is 8.71. The van der Waals surface area contributed by atoms with Crippen molar-refractivity contribution in [3.8, 4) is 0 Å². The Balaban J connectivity index is 1.77. The van der Waals surface area contributed by atoms with E-state index >= 15 is 0 Å². The predicted octanol–water partition coefficient (Wildman–Crippen LogP) is 3.37. The minimum absolute atomic E-state index is 0.132. The first-order chi connectivity index (χ1) is 11.3. The van der Waals surface area contributed by atoms with Crippen molar-refractivity contribution in [2.45, 2.75) is 37.1 Å². The molecular weight excluding hydrogens is 308 g/mol. The quantitative estimate of drug-likeness (QED) is 0.903. The molecule has 0 radical (unpaired) electrons. The molecule has 1 aliphatic heterocycles. The Hall–Kier alpha value is -1.65. The van der Waals surface area contributed by atoms with E-state index in [0.717, 1.165) is 42.6 Å². The van der Waals surface area contributed by atoms with Gasteiger partial charge in [0.15, 0.2) is 0 Å². The van der Waals surface area contributed by atoms with Gasteiger partial charge in [-0.1, -0.05) is 29.8 Å². The van der Waals surface area contributed by atoms with Gasteiger partial charge < -0.3 is 10.6 Å². The van der Waals surface area contributed by atoms with Crippen LogP contribution >= 0.6 is 11.6 Å². The average molecular weight is 329 g/mol. The lowest BCUT2D eigenvalue weighted by molar-refractivity contribution is 0.354. The van der Waals surface area contributed by atoms with Gasteiger partial charge in [0.1, 0.15) is 0 Å². The van der Waals surface area contributed by atoms with Crippen LogP contribution in [-0.2, 0) is 5.41 Å². The van der Waals surface area contributed by atoms with Gasteiger partial charge in [0.2, 0.25) is 5.95 Å². The number of anilines is 1. The summed E-state index contributed by atoms with van der Waals surface area (Å²) in [6.07, 6.45) is 6.29. The van der Waals surface area contributed by atoms with Gasteiger partial charge >= 0.3 is 0 Å². The van der Waals surface area contributed by atoms with Crippen molar-refractivity contribution < 1.29 is 0 Å². The van der Waals surface area contributed by atoms with Gasteiger partial charge in [-0.05, 0) is 56.5 Å². The first kappa shape index (κ1) is 14.9. The summed E-state index contributed by atoms with van der Waals surface area (Å²) in [6, 6.07) is 10.8. The zero-order chi connectivity index (χ0) is 15.7. The Morgan fingerprint density at radius 1 is 1.13 bits per heavy atom. The largest absolute Gasteiger partial charge is 0.351 e. The van der Waals surface area contributed by atoms with Gasteiger partial charge in [-0.15, -0.1) is 0 Å². The highest BCUT2D eigenvalue weighted by Crippen LogP contribution is 2.42. The molecule has 1 aromatic heterocycles. The molecule has 23 heavy (non-hydrogen) atoms. The summed E-state index contributed by atoms with van der Waals surface area (Å²) < 4.78 is 0. The van der Waals surface area contributed by atoms with E-state index in [0.29, 0.717) is 6.04 Å². The molecule has 2 aliphatic rings. The average Bonchev–Trinajstić information content (AvgIpc) is 3.40. The predicted molar refractivity (Wildman–Crippen MR) is 93.0 cm³/mol. The van der Waals surface area contributed by atoms with Crippen LogP contribution in [0.15, 0.2) is 36.5 Å². The van der Waals surface area contributed by atoms with Crippen molar-refractivity contribution in [2.75, 3.05) is 18.4 Å². The third kappa shape index (κ3) is 2.93. The van der Waals surface area contributed by atoms with Crippen LogP contribution in [0.4, 0.5) is 5.95 Å². The fourth-order valence-electron chi connectivity index (χ4n) is 3.47. The second kappa shape index (κ2) is 6.10. The summed E-state index contributed by atoms with van der Waals surface area (Å²) >= 11 is 6.55. The lowest BCUT2D eigenvalue weighted by atomic mass is 9.70. The molecule has 120 valence electrons. The van der Waals surface area contributed by atoms with Crippen molar-refractivity contribution in [1.82, 2.24) is 15.3 Å². The number of hydrogen-bond donors (Lipinski definition) is 2. The van der Waals surface area contributed by atoms with Crippen molar-refractivity contribution >= 4 is 17.5 Å². The van der Waals surface area contributed by atoms with Crippen molar-refractivity contribution in [2.24, 2.45) is 0 Å². The molecule has 0 amide bonds. The molecule has 2 N–H and O–H groups in total. The van der Waals surface area contributed by atoms with Crippen LogP contribution in [0.1, 0.15) is 36.9 Å². The third-order valence-corrected chi connectivity index (χ3v) is 5.23. The van der Waals surface area contributed by atoms with E-state index in [4.69, 9.17) is 16.6 Å². The number of hydrogen-bond acceptors (Lipinski definition) is 4. The Morgan fingerprint density at radius 2 is 1.91 bits per heavy atom. The molecule has 4 rings (SSSR count). The van der Waals surface area contributed by atoms with Crippen LogP contribution in [0.3, 0.4) is 0 Å². The van der Waals surface area contributed by atoms with Crippen molar-refractivity contribution in [3.05, 3.63) is 52.8 Å². The van der Waals surface area contributed by atoms with Gasteiger partial charge in [0.25, 0.3) is 0 Å². The number of aromatic nitrogens is 2. The summed E-state index contributed by atoms with van der Waals surface area (Å²) in [5.74, 6) is 0.745. The van der Waals surface area contributed by atoms with Crippen LogP contribution in [0.5, 0.6) is 0 Å². The maximum Gasteiger partial charge on any atom is 0.223 e. The molecule has 5 heteroatoms. The monoisotopic (exact) mass is 328 g/mol. The van der Waals surface area contributed by atoms with Gasteiger partial charge in [0.05, 0.1) is 5.69 Å². The van der Waals surface area contributed by atoms with Crippen LogP contribution < -0.4 is 10.6 Å². The first-order valence-electron chi connectivity index (χ1n) is 8.34. The maximum atomic E-state index is 6.55. The van der Waals surface area contributed by atoms with E-state index in [2.05, 4.69) is 27.8 Å². The minimum atomic E-state index is -0.132. The molecule has 1 saturated carbocycles. The molecule has 2 aromatic rings. The summed E-state index contributed by atoms with van der Waals surface area (Å²) in [6.45, 7) is 1.95. The van der Waals surface area contributed by atoms with Gasteiger partial charge in [-0.2, -0.15) is 0 Å². The number of halogens is 1. The molecule has 2 fully saturated rings. The second-order valence-corrected chi connectivity index (χ2v) is 6.90.